The lowest BCUT2D eigenvalue weighted by Gasteiger charge is -2.09. The van der Waals surface area contributed by atoms with Gasteiger partial charge in [0.05, 0.1) is 0 Å². The molecule has 0 saturated carbocycles. The number of nitrogens with one attached hydrogen (secondary N) is 1. The smallest absolute Gasteiger partial charge is 0.355 e. The molecule has 0 atom stereocenters. The summed E-state index contributed by atoms with van der Waals surface area (Å²) in [5, 5.41) is 10.5. The number of hydrogen-bond donors (Lipinski definition) is 2. The Morgan fingerprint density at radius 1 is 1.30 bits per heavy atom. The second-order valence-electron chi connectivity index (χ2n) is 5.08. The third-order valence-electron chi connectivity index (χ3n) is 3.59. The summed E-state index contributed by atoms with van der Waals surface area (Å²) in [6.07, 6.45) is 2.25. The SMILES string of the molecule is CCc1cc2c(COC(=O)c3ccc[nH]3)cc(=O)oc2cc1O. The molecular formula is C17H15NO5. The number of phenolic OH excluding ortho intramolecular Hbond substituents is 1. The van der Waals surface area contributed by atoms with E-state index in [4.69, 9.17) is 9.15 Å². The summed E-state index contributed by atoms with van der Waals surface area (Å²) < 4.78 is 10.3. The van der Waals surface area contributed by atoms with Crippen molar-refractivity contribution >= 4 is 16.9 Å². The van der Waals surface area contributed by atoms with Crippen molar-refractivity contribution in [3.8, 4) is 5.75 Å². The molecule has 6 heteroatoms. The molecule has 0 unspecified atom stereocenters. The third kappa shape index (κ3) is 2.96. The fourth-order valence-corrected chi connectivity index (χ4v) is 2.39. The molecule has 0 aliphatic rings. The molecule has 0 aliphatic heterocycles. The summed E-state index contributed by atoms with van der Waals surface area (Å²) in [4.78, 5) is 26.3. The fraction of sp³-hybridized carbons (Fsp3) is 0.176. The van der Waals surface area contributed by atoms with Gasteiger partial charge in [0.25, 0.3) is 0 Å². The Kier molecular flexibility index (Phi) is 3.89. The molecule has 0 aliphatic carbocycles. The zero-order valence-electron chi connectivity index (χ0n) is 12.5. The van der Waals surface area contributed by atoms with Crippen LogP contribution in [0.25, 0.3) is 11.0 Å². The number of benzene rings is 1. The van der Waals surface area contributed by atoms with Gasteiger partial charge in [-0.05, 0) is 30.2 Å². The van der Waals surface area contributed by atoms with Crippen LogP contribution in [-0.4, -0.2) is 16.1 Å². The highest BCUT2D eigenvalue weighted by atomic mass is 16.5. The van der Waals surface area contributed by atoms with Gasteiger partial charge in [0, 0.05) is 29.3 Å². The van der Waals surface area contributed by atoms with E-state index >= 15 is 0 Å². The van der Waals surface area contributed by atoms with Crippen molar-refractivity contribution in [1.29, 1.82) is 0 Å². The van der Waals surface area contributed by atoms with Crippen LogP contribution in [-0.2, 0) is 17.8 Å². The monoisotopic (exact) mass is 313 g/mol. The third-order valence-corrected chi connectivity index (χ3v) is 3.59. The Labute approximate surface area is 131 Å². The number of hydrogen-bond acceptors (Lipinski definition) is 5. The normalized spacial score (nSPS) is 10.8. The predicted molar refractivity (Wildman–Crippen MR) is 83.4 cm³/mol. The first-order valence-electron chi connectivity index (χ1n) is 7.17. The highest BCUT2D eigenvalue weighted by Gasteiger charge is 2.13. The van der Waals surface area contributed by atoms with Gasteiger partial charge in [-0.3, -0.25) is 0 Å². The lowest BCUT2D eigenvalue weighted by atomic mass is 10.0. The van der Waals surface area contributed by atoms with Gasteiger partial charge in [0.2, 0.25) is 0 Å². The van der Waals surface area contributed by atoms with Crippen LogP contribution in [0.15, 0.2) is 45.7 Å². The molecule has 23 heavy (non-hydrogen) atoms. The number of carbonyl (C=O) groups is 1. The Balaban J connectivity index is 1.96. The number of fused-ring (bicyclic) bond motifs is 1. The molecule has 0 fully saturated rings. The van der Waals surface area contributed by atoms with Crippen LogP contribution < -0.4 is 5.63 Å². The summed E-state index contributed by atoms with van der Waals surface area (Å²) in [7, 11) is 0. The van der Waals surface area contributed by atoms with Gasteiger partial charge in [-0.25, -0.2) is 9.59 Å². The van der Waals surface area contributed by atoms with Gasteiger partial charge in [-0.15, -0.1) is 0 Å². The van der Waals surface area contributed by atoms with Gasteiger partial charge in [0.15, 0.2) is 0 Å². The highest BCUT2D eigenvalue weighted by Crippen LogP contribution is 2.27. The molecule has 3 aromatic rings. The maximum absolute atomic E-state index is 11.9. The van der Waals surface area contributed by atoms with Crippen molar-refractivity contribution in [3.05, 3.63) is 63.8 Å². The van der Waals surface area contributed by atoms with Gasteiger partial charge >= 0.3 is 11.6 Å². The minimum Gasteiger partial charge on any atom is -0.508 e. The van der Waals surface area contributed by atoms with Gasteiger partial charge in [-0.1, -0.05) is 6.92 Å². The second kappa shape index (κ2) is 6.00. The molecule has 0 bridgehead atoms. The van der Waals surface area contributed by atoms with Crippen molar-refractivity contribution < 1.29 is 19.1 Å². The first-order valence-corrected chi connectivity index (χ1v) is 7.17. The van der Waals surface area contributed by atoms with E-state index in [2.05, 4.69) is 4.98 Å². The van der Waals surface area contributed by atoms with Crippen LogP contribution >= 0.6 is 0 Å². The van der Waals surface area contributed by atoms with E-state index in [0.717, 1.165) is 5.56 Å². The fourth-order valence-electron chi connectivity index (χ4n) is 2.39. The van der Waals surface area contributed by atoms with E-state index in [9.17, 15) is 14.7 Å². The van der Waals surface area contributed by atoms with E-state index in [1.165, 1.54) is 12.1 Å². The van der Waals surface area contributed by atoms with E-state index in [1.807, 2.05) is 6.92 Å². The molecule has 0 amide bonds. The van der Waals surface area contributed by atoms with Crippen molar-refractivity contribution in [1.82, 2.24) is 4.98 Å². The molecule has 2 heterocycles. The van der Waals surface area contributed by atoms with E-state index in [1.54, 1.807) is 24.4 Å². The largest absolute Gasteiger partial charge is 0.508 e. The van der Waals surface area contributed by atoms with Crippen molar-refractivity contribution in [2.75, 3.05) is 0 Å². The van der Waals surface area contributed by atoms with Crippen LogP contribution in [0.3, 0.4) is 0 Å². The second-order valence-corrected chi connectivity index (χ2v) is 5.08. The number of ether oxygens (including phenoxy) is 1. The van der Waals surface area contributed by atoms with Crippen LogP contribution in [0.1, 0.15) is 28.5 Å². The number of aromatic amines is 1. The number of rotatable bonds is 4. The molecule has 0 radical (unpaired) electrons. The van der Waals surface area contributed by atoms with E-state index < -0.39 is 11.6 Å². The average molecular weight is 313 g/mol. The predicted octanol–water partition coefficient (Wildman–Crippen LogP) is 2.75. The molecule has 118 valence electrons. The van der Waals surface area contributed by atoms with Crippen LogP contribution in [0.2, 0.25) is 0 Å². The molecule has 0 spiro atoms. The standard InChI is InChI=1S/C17H15NO5/c1-2-10-6-12-11(7-16(20)23-15(12)8-14(10)19)9-22-17(21)13-4-3-5-18-13/h3-8,18-19H,2,9H2,1H3. The summed E-state index contributed by atoms with van der Waals surface area (Å²) >= 11 is 0. The first kappa shape index (κ1) is 14.9. The van der Waals surface area contributed by atoms with Gasteiger partial charge in [0.1, 0.15) is 23.6 Å². The van der Waals surface area contributed by atoms with Gasteiger partial charge in [-0.2, -0.15) is 0 Å². The summed E-state index contributed by atoms with van der Waals surface area (Å²) in [5.74, 6) is -0.436. The van der Waals surface area contributed by atoms with Gasteiger partial charge < -0.3 is 19.2 Å². The van der Waals surface area contributed by atoms with Crippen LogP contribution in [0.5, 0.6) is 5.75 Å². The zero-order chi connectivity index (χ0) is 16.4. The van der Waals surface area contributed by atoms with Crippen molar-refractivity contribution in [3.63, 3.8) is 0 Å². The summed E-state index contributed by atoms with van der Waals surface area (Å²) in [5.41, 5.74) is 1.29. The lowest BCUT2D eigenvalue weighted by molar-refractivity contribution is 0.0467. The molecule has 2 N–H and O–H groups in total. The molecule has 6 nitrogen and oxygen atoms in total. The van der Waals surface area contributed by atoms with Crippen LogP contribution in [0.4, 0.5) is 0 Å². The minimum absolute atomic E-state index is 0.0616. The number of carbonyl (C=O) groups excluding carboxylic acids is 1. The molecule has 2 aromatic heterocycles. The summed E-state index contributed by atoms with van der Waals surface area (Å²) in [6.45, 7) is 1.85. The summed E-state index contributed by atoms with van der Waals surface area (Å²) in [6, 6.07) is 7.74. The number of phenols is 1. The number of aromatic nitrogens is 1. The molecular weight excluding hydrogens is 298 g/mol. The van der Waals surface area contributed by atoms with Crippen LogP contribution in [0, 0.1) is 0 Å². The van der Waals surface area contributed by atoms with Crippen molar-refractivity contribution in [2.24, 2.45) is 0 Å². The topological polar surface area (TPSA) is 92.5 Å². The Bertz CT molecular complexity index is 909. The average Bonchev–Trinajstić information content (AvgIpc) is 3.06. The molecule has 1 aromatic carbocycles. The molecule has 3 rings (SSSR count). The minimum atomic E-state index is -0.563. The van der Waals surface area contributed by atoms with E-state index in [-0.39, 0.29) is 17.9 Å². The Morgan fingerprint density at radius 2 is 2.13 bits per heavy atom. The maximum Gasteiger partial charge on any atom is 0.355 e. The van der Waals surface area contributed by atoms with E-state index in [0.29, 0.717) is 23.1 Å². The number of esters is 1. The zero-order valence-corrected chi connectivity index (χ0v) is 12.5. The lowest BCUT2D eigenvalue weighted by Crippen LogP contribution is -2.08. The number of H-pyrrole nitrogens is 1. The Hall–Kier alpha value is -3.02. The van der Waals surface area contributed by atoms with Crippen molar-refractivity contribution in [2.45, 2.75) is 20.0 Å². The number of aromatic hydroxyl groups is 1. The first-order chi connectivity index (χ1) is 11.1. The Morgan fingerprint density at radius 3 is 2.83 bits per heavy atom. The quantitative estimate of drug-likeness (QED) is 0.570. The number of aryl methyl sites for hydroxylation is 1. The maximum atomic E-state index is 11.9. The molecule has 0 saturated heterocycles. The highest BCUT2D eigenvalue weighted by molar-refractivity contribution is 5.88.